The predicted octanol–water partition coefficient (Wildman–Crippen LogP) is 3.46. The standard InChI is InChI=1S/C16H17ClN2O2.ClH/c1-19(11-8-9-18-10-11)16(20)15-7-6-14(21-15)12-4-2-3-5-13(12)17;/h2-7,11,18H,8-10H2,1H3;1H. The van der Waals surface area contributed by atoms with Crippen LogP contribution in [0.5, 0.6) is 0 Å². The molecule has 1 fully saturated rings. The number of carbonyl (C=O) groups is 1. The topological polar surface area (TPSA) is 45.5 Å². The van der Waals surface area contributed by atoms with Gasteiger partial charge in [0.2, 0.25) is 0 Å². The van der Waals surface area contributed by atoms with E-state index in [1.807, 2.05) is 25.2 Å². The number of nitrogens with one attached hydrogen (secondary N) is 1. The molecule has 6 heteroatoms. The van der Waals surface area contributed by atoms with Crippen molar-refractivity contribution in [1.82, 2.24) is 10.2 Å². The van der Waals surface area contributed by atoms with Crippen molar-refractivity contribution in [1.29, 1.82) is 0 Å². The van der Waals surface area contributed by atoms with Gasteiger partial charge in [-0.25, -0.2) is 0 Å². The number of halogens is 2. The van der Waals surface area contributed by atoms with Crippen molar-refractivity contribution in [2.45, 2.75) is 12.5 Å². The summed E-state index contributed by atoms with van der Waals surface area (Å²) in [6.07, 6.45) is 0.973. The van der Waals surface area contributed by atoms with Crippen molar-refractivity contribution < 1.29 is 9.21 Å². The molecule has 1 aliphatic heterocycles. The molecule has 1 aliphatic rings. The fourth-order valence-electron chi connectivity index (χ4n) is 2.57. The number of furan rings is 1. The summed E-state index contributed by atoms with van der Waals surface area (Å²) in [7, 11) is 1.82. The number of hydrogen-bond donors (Lipinski definition) is 1. The summed E-state index contributed by atoms with van der Waals surface area (Å²) < 4.78 is 5.70. The van der Waals surface area contributed by atoms with Crippen LogP contribution < -0.4 is 5.32 Å². The lowest BCUT2D eigenvalue weighted by molar-refractivity contribution is 0.0712. The second kappa shape index (κ2) is 7.18. The van der Waals surface area contributed by atoms with Crippen LogP contribution >= 0.6 is 24.0 Å². The van der Waals surface area contributed by atoms with Gasteiger partial charge in [0.25, 0.3) is 5.91 Å². The van der Waals surface area contributed by atoms with Crippen molar-refractivity contribution in [3.05, 3.63) is 47.2 Å². The van der Waals surface area contributed by atoms with Gasteiger partial charge in [0, 0.05) is 25.2 Å². The van der Waals surface area contributed by atoms with Crippen LogP contribution in [-0.4, -0.2) is 37.0 Å². The zero-order valence-electron chi connectivity index (χ0n) is 12.2. The van der Waals surface area contributed by atoms with E-state index in [1.165, 1.54) is 0 Å². The van der Waals surface area contributed by atoms with Gasteiger partial charge in [0.15, 0.2) is 5.76 Å². The molecule has 2 heterocycles. The SMILES string of the molecule is CN(C(=O)c1ccc(-c2ccccc2Cl)o1)C1CCNC1.Cl. The molecule has 1 amide bonds. The third-order valence-electron chi connectivity index (χ3n) is 3.86. The molecule has 0 aliphatic carbocycles. The van der Waals surface area contributed by atoms with Gasteiger partial charge in [-0.1, -0.05) is 23.7 Å². The van der Waals surface area contributed by atoms with E-state index in [1.54, 1.807) is 23.1 Å². The van der Waals surface area contributed by atoms with E-state index in [-0.39, 0.29) is 24.4 Å². The van der Waals surface area contributed by atoms with Crippen LogP contribution in [0.2, 0.25) is 5.02 Å². The summed E-state index contributed by atoms with van der Waals surface area (Å²) in [5.74, 6) is 0.864. The Balaban J connectivity index is 0.00000176. The minimum Gasteiger partial charge on any atom is -0.451 e. The van der Waals surface area contributed by atoms with Gasteiger partial charge in [0.05, 0.1) is 5.02 Å². The lowest BCUT2D eigenvalue weighted by Gasteiger charge is -2.22. The molecule has 118 valence electrons. The van der Waals surface area contributed by atoms with Crippen molar-refractivity contribution in [3.8, 4) is 11.3 Å². The number of rotatable bonds is 3. The number of benzene rings is 1. The molecule has 0 saturated carbocycles. The van der Waals surface area contributed by atoms with Gasteiger partial charge in [-0.05, 0) is 37.2 Å². The first-order valence-corrected chi connectivity index (χ1v) is 7.37. The molecular formula is C16H18Cl2N2O2. The Bertz CT molecular complexity index is 651. The molecular weight excluding hydrogens is 323 g/mol. The van der Waals surface area contributed by atoms with E-state index in [4.69, 9.17) is 16.0 Å². The second-order valence-corrected chi connectivity index (χ2v) is 5.61. The number of carbonyl (C=O) groups excluding carboxylic acids is 1. The van der Waals surface area contributed by atoms with E-state index in [0.29, 0.717) is 16.5 Å². The number of hydrogen-bond acceptors (Lipinski definition) is 3. The number of likely N-dealkylation sites (N-methyl/N-ethyl adjacent to an activating group) is 1. The average molecular weight is 341 g/mol. The average Bonchev–Trinajstić information content (AvgIpc) is 3.17. The van der Waals surface area contributed by atoms with Crippen LogP contribution in [0.15, 0.2) is 40.8 Å². The highest BCUT2D eigenvalue weighted by atomic mass is 35.5. The first-order chi connectivity index (χ1) is 10.2. The van der Waals surface area contributed by atoms with Crippen LogP contribution in [0.1, 0.15) is 17.0 Å². The maximum atomic E-state index is 12.4. The van der Waals surface area contributed by atoms with Crippen LogP contribution in [-0.2, 0) is 0 Å². The molecule has 4 nitrogen and oxygen atoms in total. The van der Waals surface area contributed by atoms with Gasteiger partial charge in [-0.2, -0.15) is 0 Å². The highest BCUT2D eigenvalue weighted by Crippen LogP contribution is 2.29. The van der Waals surface area contributed by atoms with Gasteiger partial charge in [-0.3, -0.25) is 4.79 Å². The van der Waals surface area contributed by atoms with Crippen LogP contribution in [0.25, 0.3) is 11.3 Å². The first kappa shape index (κ1) is 16.9. The Morgan fingerprint density at radius 3 is 2.77 bits per heavy atom. The fraction of sp³-hybridized carbons (Fsp3) is 0.312. The third-order valence-corrected chi connectivity index (χ3v) is 4.19. The Morgan fingerprint density at radius 1 is 1.32 bits per heavy atom. The number of nitrogens with zero attached hydrogens (tertiary/aromatic N) is 1. The van der Waals surface area contributed by atoms with Crippen LogP contribution in [0.4, 0.5) is 0 Å². The molecule has 1 unspecified atom stereocenters. The molecule has 0 radical (unpaired) electrons. The summed E-state index contributed by atoms with van der Waals surface area (Å²) in [4.78, 5) is 14.2. The molecule has 1 aromatic heterocycles. The summed E-state index contributed by atoms with van der Waals surface area (Å²) in [5.41, 5.74) is 0.795. The number of amides is 1. The van der Waals surface area contributed by atoms with Gasteiger partial charge < -0.3 is 14.6 Å². The maximum absolute atomic E-state index is 12.4. The largest absolute Gasteiger partial charge is 0.451 e. The van der Waals surface area contributed by atoms with Gasteiger partial charge >= 0.3 is 0 Å². The smallest absolute Gasteiger partial charge is 0.289 e. The summed E-state index contributed by atoms with van der Waals surface area (Å²) in [6, 6.07) is 11.2. The third kappa shape index (κ3) is 3.29. The molecule has 1 N–H and O–H groups in total. The zero-order chi connectivity index (χ0) is 14.8. The Kier molecular flexibility index (Phi) is 5.51. The highest BCUT2D eigenvalue weighted by Gasteiger charge is 2.26. The molecule has 0 bridgehead atoms. The molecule has 1 aromatic carbocycles. The summed E-state index contributed by atoms with van der Waals surface area (Å²) in [6.45, 7) is 1.78. The normalized spacial score (nSPS) is 17.1. The van der Waals surface area contributed by atoms with Crippen molar-refractivity contribution in [3.63, 3.8) is 0 Å². The maximum Gasteiger partial charge on any atom is 0.289 e. The zero-order valence-corrected chi connectivity index (χ0v) is 13.8. The monoisotopic (exact) mass is 340 g/mol. The second-order valence-electron chi connectivity index (χ2n) is 5.21. The van der Waals surface area contributed by atoms with E-state index < -0.39 is 0 Å². The quantitative estimate of drug-likeness (QED) is 0.930. The minimum atomic E-state index is -0.0954. The van der Waals surface area contributed by atoms with Crippen molar-refractivity contribution in [2.24, 2.45) is 0 Å². The lowest BCUT2D eigenvalue weighted by Crippen LogP contribution is -2.38. The molecule has 3 rings (SSSR count). The van der Waals surface area contributed by atoms with Crippen LogP contribution in [0.3, 0.4) is 0 Å². The Morgan fingerprint density at radius 2 is 2.09 bits per heavy atom. The lowest BCUT2D eigenvalue weighted by atomic mass is 10.2. The van der Waals surface area contributed by atoms with E-state index in [9.17, 15) is 4.79 Å². The Hall–Kier alpha value is -1.49. The van der Waals surface area contributed by atoms with Gasteiger partial charge in [-0.15, -0.1) is 12.4 Å². The molecule has 1 saturated heterocycles. The van der Waals surface area contributed by atoms with Crippen molar-refractivity contribution >= 4 is 29.9 Å². The minimum absolute atomic E-state index is 0. The van der Waals surface area contributed by atoms with Crippen molar-refractivity contribution in [2.75, 3.05) is 20.1 Å². The molecule has 2 aromatic rings. The van der Waals surface area contributed by atoms with E-state index in [0.717, 1.165) is 25.1 Å². The van der Waals surface area contributed by atoms with Gasteiger partial charge in [0.1, 0.15) is 5.76 Å². The van der Waals surface area contributed by atoms with E-state index in [2.05, 4.69) is 5.32 Å². The highest BCUT2D eigenvalue weighted by molar-refractivity contribution is 6.33. The molecule has 0 spiro atoms. The van der Waals surface area contributed by atoms with E-state index >= 15 is 0 Å². The first-order valence-electron chi connectivity index (χ1n) is 6.99. The fourth-order valence-corrected chi connectivity index (χ4v) is 2.80. The molecule has 22 heavy (non-hydrogen) atoms. The Labute approximate surface area is 140 Å². The summed E-state index contributed by atoms with van der Waals surface area (Å²) in [5, 5.41) is 3.87. The predicted molar refractivity (Wildman–Crippen MR) is 89.8 cm³/mol. The van der Waals surface area contributed by atoms with Crippen LogP contribution in [0, 0.1) is 0 Å². The summed E-state index contributed by atoms with van der Waals surface area (Å²) >= 11 is 6.15. The molecule has 1 atom stereocenters.